The van der Waals surface area contributed by atoms with E-state index in [9.17, 15) is 4.79 Å². The number of benzene rings is 1. The first-order chi connectivity index (χ1) is 8.99. The number of anilines is 2. The minimum Gasteiger partial charge on any atom is -0.390 e. The molecule has 3 nitrogen and oxygen atoms in total. The third-order valence-electron chi connectivity index (χ3n) is 3.86. The Kier molecular flexibility index (Phi) is 2.64. The van der Waals surface area contributed by atoms with Crippen molar-refractivity contribution in [3.8, 4) is 11.1 Å². The SMILES string of the molecule is Cc1sc(N)c(-c2ccc3c(c2)CC(=O)N3C)c1C. The maximum Gasteiger partial charge on any atom is 0.231 e. The summed E-state index contributed by atoms with van der Waals surface area (Å²) >= 11 is 1.63. The maximum absolute atomic E-state index is 11.7. The molecule has 1 aliphatic heterocycles. The van der Waals surface area contributed by atoms with Crippen LogP contribution in [0.15, 0.2) is 18.2 Å². The summed E-state index contributed by atoms with van der Waals surface area (Å²) in [5, 5.41) is 0.854. The summed E-state index contributed by atoms with van der Waals surface area (Å²) < 4.78 is 0. The molecular weight excluding hydrogens is 256 g/mol. The zero-order valence-electron chi connectivity index (χ0n) is 11.3. The quantitative estimate of drug-likeness (QED) is 0.867. The number of amides is 1. The number of likely N-dealkylation sites (N-methyl/N-ethyl adjacent to an activating group) is 1. The second kappa shape index (κ2) is 4.10. The predicted octanol–water partition coefficient (Wildman–Crippen LogP) is 3.13. The van der Waals surface area contributed by atoms with Gasteiger partial charge < -0.3 is 10.6 Å². The molecule has 2 N–H and O–H groups in total. The van der Waals surface area contributed by atoms with Crippen molar-refractivity contribution >= 4 is 27.9 Å². The highest BCUT2D eigenvalue weighted by Gasteiger charge is 2.24. The molecule has 0 saturated carbocycles. The van der Waals surface area contributed by atoms with Gasteiger partial charge in [-0.3, -0.25) is 4.79 Å². The van der Waals surface area contributed by atoms with Crippen molar-refractivity contribution in [1.29, 1.82) is 0 Å². The Balaban J connectivity index is 2.14. The molecule has 4 heteroatoms. The largest absolute Gasteiger partial charge is 0.390 e. The summed E-state index contributed by atoms with van der Waals surface area (Å²) in [7, 11) is 1.82. The number of fused-ring (bicyclic) bond motifs is 1. The number of carbonyl (C=O) groups excluding carboxylic acids is 1. The Hall–Kier alpha value is -1.81. The van der Waals surface area contributed by atoms with Gasteiger partial charge in [-0.25, -0.2) is 0 Å². The average molecular weight is 272 g/mol. The Morgan fingerprint density at radius 3 is 2.68 bits per heavy atom. The van der Waals surface area contributed by atoms with Gasteiger partial charge in [-0.2, -0.15) is 0 Å². The fourth-order valence-corrected chi connectivity index (χ4v) is 3.60. The summed E-state index contributed by atoms with van der Waals surface area (Å²) in [6.07, 6.45) is 0.488. The van der Waals surface area contributed by atoms with Crippen LogP contribution in [-0.2, 0) is 11.2 Å². The first kappa shape index (κ1) is 12.2. The van der Waals surface area contributed by atoms with Gasteiger partial charge in [-0.05, 0) is 42.7 Å². The Morgan fingerprint density at radius 2 is 2.05 bits per heavy atom. The topological polar surface area (TPSA) is 46.3 Å². The van der Waals surface area contributed by atoms with Crippen LogP contribution in [-0.4, -0.2) is 13.0 Å². The van der Waals surface area contributed by atoms with E-state index >= 15 is 0 Å². The predicted molar refractivity (Wildman–Crippen MR) is 80.8 cm³/mol. The molecule has 0 spiro atoms. The third kappa shape index (κ3) is 1.75. The van der Waals surface area contributed by atoms with Crippen LogP contribution in [0.25, 0.3) is 11.1 Å². The molecule has 3 rings (SSSR count). The number of hydrogen-bond donors (Lipinski definition) is 1. The summed E-state index contributed by atoms with van der Waals surface area (Å²) in [6, 6.07) is 6.17. The maximum atomic E-state index is 11.7. The van der Waals surface area contributed by atoms with Crippen molar-refractivity contribution in [2.45, 2.75) is 20.3 Å². The molecule has 1 amide bonds. The number of aryl methyl sites for hydroxylation is 1. The standard InChI is InChI=1S/C15H16N2OS/c1-8-9(2)19-15(16)14(8)10-4-5-12-11(6-10)7-13(18)17(12)3/h4-6H,7,16H2,1-3H3. The van der Waals surface area contributed by atoms with Crippen LogP contribution in [0.3, 0.4) is 0 Å². The molecule has 0 fully saturated rings. The average Bonchev–Trinajstić information content (AvgIpc) is 2.78. The van der Waals surface area contributed by atoms with Gasteiger partial charge in [0.15, 0.2) is 0 Å². The van der Waals surface area contributed by atoms with E-state index in [1.807, 2.05) is 13.1 Å². The van der Waals surface area contributed by atoms with Gasteiger partial charge in [0.25, 0.3) is 0 Å². The molecule has 0 bridgehead atoms. The lowest BCUT2D eigenvalue weighted by Crippen LogP contribution is -2.20. The molecule has 0 saturated heterocycles. The first-order valence-electron chi connectivity index (χ1n) is 6.24. The van der Waals surface area contributed by atoms with Gasteiger partial charge >= 0.3 is 0 Å². The van der Waals surface area contributed by atoms with Gasteiger partial charge in [0.1, 0.15) is 0 Å². The highest BCUT2D eigenvalue weighted by molar-refractivity contribution is 7.16. The molecule has 2 aromatic rings. The van der Waals surface area contributed by atoms with E-state index in [-0.39, 0.29) is 5.91 Å². The molecule has 1 aromatic heterocycles. The van der Waals surface area contributed by atoms with Crippen LogP contribution in [0.5, 0.6) is 0 Å². The van der Waals surface area contributed by atoms with E-state index in [1.54, 1.807) is 16.2 Å². The third-order valence-corrected chi connectivity index (χ3v) is 4.89. The summed E-state index contributed by atoms with van der Waals surface area (Å²) in [5.74, 6) is 0.151. The second-order valence-electron chi connectivity index (χ2n) is 5.00. The van der Waals surface area contributed by atoms with Crippen LogP contribution < -0.4 is 10.6 Å². The highest BCUT2D eigenvalue weighted by Crippen LogP contribution is 2.40. The van der Waals surface area contributed by atoms with Crippen molar-refractivity contribution in [1.82, 2.24) is 0 Å². The molecule has 0 unspecified atom stereocenters. The minimum absolute atomic E-state index is 0.151. The molecule has 0 aliphatic carbocycles. The lowest BCUT2D eigenvalue weighted by Gasteiger charge is -2.11. The fourth-order valence-electron chi connectivity index (χ4n) is 2.64. The number of carbonyl (C=O) groups is 1. The van der Waals surface area contributed by atoms with Crippen molar-refractivity contribution < 1.29 is 4.79 Å². The van der Waals surface area contributed by atoms with Gasteiger partial charge in [0.05, 0.1) is 11.4 Å². The van der Waals surface area contributed by atoms with Crippen LogP contribution in [0.2, 0.25) is 0 Å². The number of rotatable bonds is 1. The zero-order chi connectivity index (χ0) is 13.7. The van der Waals surface area contributed by atoms with Crippen molar-refractivity contribution in [3.63, 3.8) is 0 Å². The van der Waals surface area contributed by atoms with Gasteiger partial charge in [-0.15, -0.1) is 11.3 Å². The van der Waals surface area contributed by atoms with E-state index in [2.05, 4.69) is 26.0 Å². The van der Waals surface area contributed by atoms with Gasteiger partial charge in [0.2, 0.25) is 5.91 Å². The van der Waals surface area contributed by atoms with Gasteiger partial charge in [0, 0.05) is 23.2 Å². The number of nitrogen functional groups attached to an aromatic ring is 1. The highest BCUT2D eigenvalue weighted by atomic mass is 32.1. The Bertz CT molecular complexity index is 688. The molecule has 2 heterocycles. The van der Waals surface area contributed by atoms with Crippen LogP contribution in [0.4, 0.5) is 10.7 Å². The van der Waals surface area contributed by atoms with Crippen molar-refractivity contribution in [2.75, 3.05) is 17.7 Å². The lowest BCUT2D eigenvalue weighted by atomic mass is 10.00. The Morgan fingerprint density at radius 1 is 1.32 bits per heavy atom. The normalized spacial score (nSPS) is 14.1. The molecule has 0 radical (unpaired) electrons. The zero-order valence-corrected chi connectivity index (χ0v) is 12.1. The van der Waals surface area contributed by atoms with Crippen LogP contribution >= 0.6 is 11.3 Å². The monoisotopic (exact) mass is 272 g/mol. The van der Waals surface area contributed by atoms with E-state index in [4.69, 9.17) is 5.73 Å². The smallest absolute Gasteiger partial charge is 0.231 e. The van der Waals surface area contributed by atoms with Gasteiger partial charge in [-0.1, -0.05) is 6.07 Å². The van der Waals surface area contributed by atoms with Crippen molar-refractivity contribution in [2.24, 2.45) is 0 Å². The van der Waals surface area contributed by atoms with Crippen LogP contribution in [0.1, 0.15) is 16.0 Å². The summed E-state index contributed by atoms with van der Waals surface area (Å²) in [4.78, 5) is 14.7. The van der Waals surface area contributed by atoms with E-state index in [1.165, 1.54) is 10.4 Å². The molecule has 1 aliphatic rings. The molecular formula is C15H16N2OS. The lowest BCUT2D eigenvalue weighted by molar-refractivity contribution is -0.117. The number of nitrogens with zero attached hydrogens (tertiary/aromatic N) is 1. The molecule has 1 aromatic carbocycles. The number of nitrogens with two attached hydrogens (primary N) is 1. The first-order valence-corrected chi connectivity index (χ1v) is 7.06. The Labute approximate surface area is 116 Å². The second-order valence-corrected chi connectivity index (χ2v) is 6.25. The van der Waals surface area contributed by atoms with Crippen molar-refractivity contribution in [3.05, 3.63) is 34.2 Å². The van der Waals surface area contributed by atoms with E-state index in [0.29, 0.717) is 6.42 Å². The molecule has 98 valence electrons. The number of hydrogen-bond acceptors (Lipinski definition) is 3. The summed E-state index contributed by atoms with van der Waals surface area (Å²) in [6.45, 7) is 4.19. The number of thiophene rings is 1. The van der Waals surface area contributed by atoms with Crippen LogP contribution in [0, 0.1) is 13.8 Å². The van der Waals surface area contributed by atoms with E-state index in [0.717, 1.165) is 27.4 Å². The summed E-state index contributed by atoms with van der Waals surface area (Å²) in [5.41, 5.74) is 11.7. The fraction of sp³-hybridized carbons (Fsp3) is 0.267. The molecule has 19 heavy (non-hydrogen) atoms. The minimum atomic E-state index is 0.151. The van der Waals surface area contributed by atoms with E-state index < -0.39 is 0 Å². The molecule has 0 atom stereocenters.